The van der Waals surface area contributed by atoms with Gasteiger partial charge in [0, 0.05) is 43.3 Å². The summed E-state index contributed by atoms with van der Waals surface area (Å²) in [7, 11) is 0. The molecular formula is C21H19N5O2S2. The van der Waals surface area contributed by atoms with Gasteiger partial charge in [0.05, 0.1) is 11.2 Å². The van der Waals surface area contributed by atoms with E-state index in [0.29, 0.717) is 31.0 Å². The molecular weight excluding hydrogens is 418 g/mol. The second kappa shape index (κ2) is 8.37. The number of piperazine rings is 1. The van der Waals surface area contributed by atoms with Gasteiger partial charge in [-0.3, -0.25) is 4.79 Å². The fourth-order valence-electron chi connectivity index (χ4n) is 3.36. The minimum atomic E-state index is 0.0275. The van der Waals surface area contributed by atoms with Gasteiger partial charge in [0.15, 0.2) is 5.13 Å². The number of hydrogen-bond donors (Lipinski definition) is 0. The van der Waals surface area contributed by atoms with E-state index >= 15 is 0 Å². The highest BCUT2D eigenvalue weighted by Crippen LogP contribution is 2.28. The molecule has 3 aromatic heterocycles. The van der Waals surface area contributed by atoms with E-state index in [0.717, 1.165) is 34.3 Å². The summed E-state index contributed by atoms with van der Waals surface area (Å²) >= 11 is 3.13. The summed E-state index contributed by atoms with van der Waals surface area (Å²) in [5.41, 5.74) is 4.23. The zero-order valence-electron chi connectivity index (χ0n) is 16.1. The molecule has 9 heteroatoms. The number of thiazole rings is 2. The normalized spacial score (nSPS) is 14.3. The second-order valence-electron chi connectivity index (χ2n) is 6.90. The zero-order chi connectivity index (χ0) is 20.3. The van der Waals surface area contributed by atoms with E-state index in [4.69, 9.17) is 4.74 Å². The van der Waals surface area contributed by atoms with E-state index < -0.39 is 0 Å². The van der Waals surface area contributed by atoms with Crippen LogP contribution in [0, 0.1) is 0 Å². The average molecular weight is 438 g/mol. The smallest absolute Gasteiger partial charge is 0.254 e. The summed E-state index contributed by atoms with van der Waals surface area (Å²) in [6.07, 6.45) is 1.79. The maximum absolute atomic E-state index is 13.0. The van der Waals surface area contributed by atoms with Crippen molar-refractivity contribution in [1.29, 1.82) is 0 Å². The van der Waals surface area contributed by atoms with E-state index in [-0.39, 0.29) is 5.91 Å². The van der Waals surface area contributed by atoms with Gasteiger partial charge in [0.2, 0.25) is 0 Å². The summed E-state index contributed by atoms with van der Waals surface area (Å²) in [4.78, 5) is 31.3. The summed E-state index contributed by atoms with van der Waals surface area (Å²) in [5.74, 6) is 0.703. The van der Waals surface area contributed by atoms with Crippen LogP contribution in [0.25, 0.3) is 10.3 Å². The van der Waals surface area contributed by atoms with Crippen molar-refractivity contribution < 1.29 is 9.53 Å². The molecule has 152 valence electrons. The van der Waals surface area contributed by atoms with E-state index in [2.05, 4.69) is 19.9 Å². The van der Waals surface area contributed by atoms with E-state index in [1.54, 1.807) is 29.1 Å². The largest absolute Gasteiger partial charge is 0.487 e. The Morgan fingerprint density at radius 3 is 2.80 bits per heavy atom. The number of fused-ring (bicyclic) bond motifs is 1. The van der Waals surface area contributed by atoms with Gasteiger partial charge in [-0.25, -0.2) is 15.0 Å². The van der Waals surface area contributed by atoms with E-state index in [1.165, 1.54) is 11.3 Å². The summed E-state index contributed by atoms with van der Waals surface area (Å²) < 4.78 is 5.78. The van der Waals surface area contributed by atoms with Crippen LogP contribution in [0.4, 0.5) is 5.13 Å². The number of carbonyl (C=O) groups is 1. The molecule has 0 aliphatic carbocycles. The van der Waals surface area contributed by atoms with Crippen molar-refractivity contribution in [3.8, 4) is 5.75 Å². The molecule has 0 unspecified atom stereocenters. The maximum Gasteiger partial charge on any atom is 0.254 e. The van der Waals surface area contributed by atoms with Crippen LogP contribution in [-0.4, -0.2) is 51.9 Å². The Bertz CT molecular complexity index is 1120. The van der Waals surface area contributed by atoms with Crippen LogP contribution in [0.1, 0.15) is 16.1 Å². The highest BCUT2D eigenvalue weighted by atomic mass is 32.1. The summed E-state index contributed by atoms with van der Waals surface area (Å²) in [6, 6.07) is 11.2. The number of ether oxygens (including phenoxy) is 1. The quantitative estimate of drug-likeness (QED) is 0.474. The molecule has 1 amide bonds. The van der Waals surface area contributed by atoms with Crippen molar-refractivity contribution >= 4 is 44.1 Å². The van der Waals surface area contributed by atoms with Gasteiger partial charge in [-0.05, 0) is 30.3 Å². The zero-order valence-corrected chi connectivity index (χ0v) is 17.7. The number of pyridine rings is 1. The molecule has 1 fully saturated rings. The Morgan fingerprint density at radius 2 is 2.00 bits per heavy atom. The van der Waals surface area contributed by atoms with Gasteiger partial charge < -0.3 is 14.5 Å². The number of benzene rings is 1. The van der Waals surface area contributed by atoms with Gasteiger partial charge >= 0.3 is 0 Å². The van der Waals surface area contributed by atoms with Crippen LogP contribution in [0.15, 0.2) is 53.5 Å². The molecule has 0 spiro atoms. The minimum absolute atomic E-state index is 0.0275. The van der Waals surface area contributed by atoms with Crippen molar-refractivity contribution in [1.82, 2.24) is 19.9 Å². The SMILES string of the molecule is O=C(c1cccc(OCc2cscn2)c1)N1CCN(c2nc3cccnc3s2)CC1. The number of rotatable bonds is 5. The van der Waals surface area contributed by atoms with Crippen molar-refractivity contribution in [2.75, 3.05) is 31.1 Å². The fraction of sp³-hybridized carbons (Fsp3) is 0.238. The first-order valence-electron chi connectivity index (χ1n) is 9.62. The van der Waals surface area contributed by atoms with Crippen LogP contribution < -0.4 is 9.64 Å². The van der Waals surface area contributed by atoms with Gasteiger partial charge in [-0.1, -0.05) is 17.4 Å². The maximum atomic E-state index is 13.0. The van der Waals surface area contributed by atoms with Crippen molar-refractivity contribution in [3.05, 3.63) is 64.7 Å². The van der Waals surface area contributed by atoms with Crippen LogP contribution in [0.5, 0.6) is 5.75 Å². The van der Waals surface area contributed by atoms with Gasteiger partial charge in [0.25, 0.3) is 5.91 Å². The van der Waals surface area contributed by atoms with Crippen molar-refractivity contribution in [2.45, 2.75) is 6.61 Å². The van der Waals surface area contributed by atoms with Crippen LogP contribution in [0.2, 0.25) is 0 Å². The molecule has 7 nitrogen and oxygen atoms in total. The first-order valence-corrected chi connectivity index (χ1v) is 11.4. The Kier molecular flexibility index (Phi) is 5.29. The van der Waals surface area contributed by atoms with Crippen molar-refractivity contribution in [2.24, 2.45) is 0 Å². The third-order valence-corrected chi connectivity index (χ3v) is 6.62. The molecule has 0 bridgehead atoms. The highest BCUT2D eigenvalue weighted by molar-refractivity contribution is 7.21. The standard InChI is InChI=1S/C21H19N5O2S2/c27-20(15-3-1-4-17(11-15)28-12-16-13-29-14-23-16)25-7-9-26(10-8-25)21-24-18-5-2-6-22-19(18)30-21/h1-6,11,13-14H,7-10,12H2. The van der Waals surface area contributed by atoms with Crippen molar-refractivity contribution in [3.63, 3.8) is 0 Å². The van der Waals surface area contributed by atoms with Crippen LogP contribution >= 0.6 is 22.7 Å². The number of amides is 1. The molecule has 4 aromatic rings. The van der Waals surface area contributed by atoms with Crippen LogP contribution in [-0.2, 0) is 6.61 Å². The highest BCUT2D eigenvalue weighted by Gasteiger charge is 2.24. The lowest BCUT2D eigenvalue weighted by Gasteiger charge is -2.34. The Balaban J connectivity index is 1.21. The molecule has 1 aliphatic rings. The van der Waals surface area contributed by atoms with E-state index in [9.17, 15) is 4.79 Å². The number of nitrogens with zero attached hydrogens (tertiary/aromatic N) is 5. The van der Waals surface area contributed by atoms with Gasteiger partial charge in [0.1, 0.15) is 22.7 Å². The summed E-state index contributed by atoms with van der Waals surface area (Å²) in [5, 5.41) is 2.92. The molecule has 4 heterocycles. The molecule has 30 heavy (non-hydrogen) atoms. The molecule has 1 saturated heterocycles. The Hall–Kier alpha value is -3.04. The van der Waals surface area contributed by atoms with Crippen LogP contribution in [0.3, 0.4) is 0 Å². The molecule has 5 rings (SSSR count). The molecule has 0 atom stereocenters. The molecule has 1 aliphatic heterocycles. The molecule has 1 aromatic carbocycles. The Morgan fingerprint density at radius 1 is 1.10 bits per heavy atom. The lowest BCUT2D eigenvalue weighted by Crippen LogP contribution is -2.48. The molecule has 0 saturated carbocycles. The number of aromatic nitrogens is 3. The molecule has 0 N–H and O–H groups in total. The number of carbonyl (C=O) groups excluding carboxylic acids is 1. The second-order valence-corrected chi connectivity index (χ2v) is 8.57. The van der Waals surface area contributed by atoms with E-state index in [1.807, 2.05) is 40.6 Å². The van der Waals surface area contributed by atoms with Gasteiger partial charge in [-0.15, -0.1) is 11.3 Å². The lowest BCUT2D eigenvalue weighted by atomic mass is 10.1. The first kappa shape index (κ1) is 19.0. The average Bonchev–Trinajstić information content (AvgIpc) is 3.47. The van der Waals surface area contributed by atoms with Gasteiger partial charge in [-0.2, -0.15) is 0 Å². The Labute approximate surface area is 181 Å². The topological polar surface area (TPSA) is 71.5 Å². The third kappa shape index (κ3) is 3.99. The predicted octanol–water partition coefficient (Wildman–Crippen LogP) is 3.69. The molecule has 0 radical (unpaired) electrons. The monoisotopic (exact) mass is 437 g/mol. The lowest BCUT2D eigenvalue weighted by molar-refractivity contribution is 0.0746. The number of anilines is 1. The minimum Gasteiger partial charge on any atom is -0.487 e. The predicted molar refractivity (Wildman–Crippen MR) is 118 cm³/mol. The first-order chi connectivity index (χ1) is 14.8. The number of hydrogen-bond acceptors (Lipinski definition) is 8. The fourth-order valence-corrected chi connectivity index (χ4v) is 4.87. The summed E-state index contributed by atoms with van der Waals surface area (Å²) in [6.45, 7) is 3.23. The third-order valence-electron chi connectivity index (χ3n) is 4.94.